The molecule has 132 valence electrons. The van der Waals surface area contributed by atoms with Gasteiger partial charge in [-0.3, -0.25) is 0 Å². The zero-order chi connectivity index (χ0) is 17.4. The summed E-state index contributed by atoms with van der Waals surface area (Å²) in [6, 6.07) is 6.00. The molecular formula is C18H22F3NO2. The van der Waals surface area contributed by atoms with E-state index in [0.29, 0.717) is 11.7 Å². The number of alkyl halides is 3. The largest absolute Gasteiger partial charge is 0.497 e. The molecule has 2 rings (SSSR count). The van der Waals surface area contributed by atoms with Crippen molar-refractivity contribution in [3.63, 3.8) is 0 Å². The Kier molecular flexibility index (Phi) is 6.70. The van der Waals surface area contributed by atoms with E-state index in [0.717, 1.165) is 12.8 Å². The van der Waals surface area contributed by atoms with Gasteiger partial charge in [-0.1, -0.05) is 31.4 Å². The summed E-state index contributed by atoms with van der Waals surface area (Å²) in [6.45, 7) is -0.134. The molecule has 1 aromatic carbocycles. The number of hydrogen-bond acceptors (Lipinski definition) is 3. The average molecular weight is 341 g/mol. The van der Waals surface area contributed by atoms with Crippen LogP contribution in [0.15, 0.2) is 41.4 Å². The van der Waals surface area contributed by atoms with Crippen molar-refractivity contribution in [1.82, 2.24) is 0 Å². The lowest BCUT2D eigenvalue weighted by atomic mass is 9.89. The summed E-state index contributed by atoms with van der Waals surface area (Å²) in [5.74, 6) is -0.227. The minimum atomic E-state index is -4.63. The molecule has 0 radical (unpaired) electrons. The fourth-order valence-corrected chi connectivity index (χ4v) is 2.65. The standard InChI is InChI=1S/C18H22F3NO2/c1-23-16-11-9-15(10-12-16)22-17(18(19,20)21)24-13-5-8-14-6-3-2-4-7-14/h5,8-12,14H,2-4,6-7,13H2,1H3/b8-5+,22-17?. The second-order valence-corrected chi connectivity index (χ2v) is 5.75. The Labute approximate surface area is 140 Å². The van der Waals surface area contributed by atoms with Gasteiger partial charge in [-0.15, -0.1) is 0 Å². The minimum Gasteiger partial charge on any atom is -0.497 e. The van der Waals surface area contributed by atoms with Crippen molar-refractivity contribution in [3.05, 3.63) is 36.4 Å². The lowest BCUT2D eigenvalue weighted by Gasteiger charge is -2.17. The van der Waals surface area contributed by atoms with Crippen molar-refractivity contribution in [2.75, 3.05) is 13.7 Å². The van der Waals surface area contributed by atoms with Gasteiger partial charge in [0, 0.05) is 0 Å². The van der Waals surface area contributed by atoms with E-state index in [2.05, 4.69) is 4.99 Å². The highest BCUT2D eigenvalue weighted by Gasteiger charge is 2.38. The number of halogens is 3. The molecule has 1 saturated carbocycles. The van der Waals surface area contributed by atoms with Crippen LogP contribution in [-0.2, 0) is 4.74 Å². The van der Waals surface area contributed by atoms with E-state index in [1.807, 2.05) is 6.08 Å². The van der Waals surface area contributed by atoms with Crippen LogP contribution in [0.4, 0.5) is 18.9 Å². The van der Waals surface area contributed by atoms with Gasteiger partial charge < -0.3 is 9.47 Å². The van der Waals surface area contributed by atoms with E-state index in [9.17, 15) is 13.2 Å². The molecule has 0 bridgehead atoms. The number of rotatable bonds is 5. The third kappa shape index (κ3) is 5.91. The van der Waals surface area contributed by atoms with Crippen molar-refractivity contribution in [1.29, 1.82) is 0 Å². The number of hydrogen-bond donors (Lipinski definition) is 0. The van der Waals surface area contributed by atoms with E-state index in [1.165, 1.54) is 38.5 Å². The molecule has 1 aromatic rings. The van der Waals surface area contributed by atoms with Crippen LogP contribution in [0.25, 0.3) is 0 Å². The van der Waals surface area contributed by atoms with Gasteiger partial charge in [-0.2, -0.15) is 13.2 Å². The van der Waals surface area contributed by atoms with Crippen LogP contribution in [-0.4, -0.2) is 25.8 Å². The number of methoxy groups -OCH3 is 1. The molecule has 0 atom stereocenters. The number of nitrogens with zero attached hydrogens (tertiary/aromatic N) is 1. The molecule has 6 heteroatoms. The van der Waals surface area contributed by atoms with E-state index >= 15 is 0 Å². The zero-order valence-corrected chi connectivity index (χ0v) is 13.7. The molecule has 1 fully saturated rings. The minimum absolute atomic E-state index is 0.134. The summed E-state index contributed by atoms with van der Waals surface area (Å²) in [6.07, 6.45) is 4.80. The van der Waals surface area contributed by atoms with Gasteiger partial charge in [0.15, 0.2) is 0 Å². The Morgan fingerprint density at radius 1 is 1.17 bits per heavy atom. The van der Waals surface area contributed by atoms with E-state index in [-0.39, 0.29) is 12.3 Å². The maximum absolute atomic E-state index is 13.0. The zero-order valence-electron chi connectivity index (χ0n) is 13.7. The Balaban J connectivity index is 1.97. The monoisotopic (exact) mass is 341 g/mol. The third-order valence-electron chi connectivity index (χ3n) is 3.92. The van der Waals surface area contributed by atoms with Gasteiger partial charge in [0.05, 0.1) is 12.8 Å². The fourth-order valence-electron chi connectivity index (χ4n) is 2.65. The van der Waals surface area contributed by atoms with Crippen LogP contribution in [0.5, 0.6) is 5.75 Å². The molecule has 0 spiro atoms. The van der Waals surface area contributed by atoms with E-state index in [4.69, 9.17) is 9.47 Å². The summed E-state index contributed by atoms with van der Waals surface area (Å²) in [5.41, 5.74) is 0.166. The van der Waals surface area contributed by atoms with Gasteiger partial charge in [-0.25, -0.2) is 4.99 Å². The summed E-state index contributed by atoms with van der Waals surface area (Å²) in [7, 11) is 1.49. The fraction of sp³-hybridized carbons (Fsp3) is 0.500. The van der Waals surface area contributed by atoms with Crippen molar-refractivity contribution >= 4 is 11.6 Å². The van der Waals surface area contributed by atoms with Gasteiger partial charge in [0.2, 0.25) is 0 Å². The first-order valence-electron chi connectivity index (χ1n) is 8.08. The second kappa shape index (κ2) is 8.76. The highest BCUT2D eigenvalue weighted by Crippen LogP contribution is 2.25. The van der Waals surface area contributed by atoms with Crippen LogP contribution in [0.3, 0.4) is 0 Å². The first-order valence-corrected chi connectivity index (χ1v) is 8.08. The Bertz CT molecular complexity index is 559. The van der Waals surface area contributed by atoms with Crippen molar-refractivity contribution in [2.24, 2.45) is 10.9 Å². The molecule has 0 aromatic heterocycles. The lowest BCUT2D eigenvalue weighted by Crippen LogP contribution is -2.25. The van der Waals surface area contributed by atoms with Crippen LogP contribution >= 0.6 is 0 Å². The molecule has 0 saturated heterocycles. The Morgan fingerprint density at radius 3 is 2.42 bits per heavy atom. The predicted molar refractivity (Wildman–Crippen MR) is 87.8 cm³/mol. The predicted octanol–water partition coefficient (Wildman–Crippen LogP) is 5.44. The third-order valence-corrected chi connectivity index (χ3v) is 3.92. The highest BCUT2D eigenvalue weighted by atomic mass is 19.4. The molecule has 24 heavy (non-hydrogen) atoms. The topological polar surface area (TPSA) is 30.8 Å². The molecule has 1 aliphatic carbocycles. The quantitative estimate of drug-likeness (QED) is 0.405. The van der Waals surface area contributed by atoms with Crippen molar-refractivity contribution < 1.29 is 22.6 Å². The van der Waals surface area contributed by atoms with E-state index in [1.54, 1.807) is 18.2 Å². The molecular weight excluding hydrogens is 319 g/mol. The molecule has 3 nitrogen and oxygen atoms in total. The Morgan fingerprint density at radius 2 is 1.83 bits per heavy atom. The lowest BCUT2D eigenvalue weighted by molar-refractivity contribution is -0.0770. The molecule has 0 amide bonds. The summed E-state index contributed by atoms with van der Waals surface area (Å²) < 4.78 is 48.9. The summed E-state index contributed by atoms with van der Waals surface area (Å²) >= 11 is 0. The molecule has 0 unspecified atom stereocenters. The van der Waals surface area contributed by atoms with Gasteiger partial charge >= 0.3 is 6.18 Å². The maximum atomic E-state index is 13.0. The smallest absolute Gasteiger partial charge is 0.468 e. The van der Waals surface area contributed by atoms with Crippen LogP contribution < -0.4 is 4.74 Å². The molecule has 0 aliphatic heterocycles. The maximum Gasteiger partial charge on any atom is 0.468 e. The van der Waals surface area contributed by atoms with Crippen LogP contribution in [0.1, 0.15) is 32.1 Å². The first-order chi connectivity index (χ1) is 11.5. The summed E-state index contributed by atoms with van der Waals surface area (Å²) in [5, 5.41) is 0. The number of aliphatic imine (C=N–C) groups is 1. The average Bonchev–Trinajstić information content (AvgIpc) is 2.58. The highest BCUT2D eigenvalue weighted by molar-refractivity contribution is 5.84. The number of benzene rings is 1. The number of allylic oxidation sites excluding steroid dienone is 1. The second-order valence-electron chi connectivity index (χ2n) is 5.75. The van der Waals surface area contributed by atoms with Gasteiger partial charge in [-0.05, 0) is 43.0 Å². The molecule has 0 N–H and O–H groups in total. The normalized spacial score (nSPS) is 17.2. The first kappa shape index (κ1) is 18.4. The molecule has 1 aliphatic rings. The Hall–Kier alpha value is -1.98. The number of ether oxygens (including phenoxy) is 2. The van der Waals surface area contributed by atoms with Crippen molar-refractivity contribution in [3.8, 4) is 5.75 Å². The van der Waals surface area contributed by atoms with Crippen LogP contribution in [0, 0.1) is 5.92 Å². The summed E-state index contributed by atoms with van der Waals surface area (Å²) in [4.78, 5) is 3.57. The molecule has 0 heterocycles. The SMILES string of the molecule is COc1ccc(N=C(OC/C=C/C2CCCCC2)C(F)(F)F)cc1. The van der Waals surface area contributed by atoms with Crippen molar-refractivity contribution in [2.45, 2.75) is 38.3 Å². The van der Waals surface area contributed by atoms with E-state index < -0.39 is 12.1 Å². The van der Waals surface area contributed by atoms with Crippen LogP contribution in [0.2, 0.25) is 0 Å². The van der Waals surface area contributed by atoms with Gasteiger partial charge in [0.25, 0.3) is 5.90 Å². The van der Waals surface area contributed by atoms with Gasteiger partial charge in [0.1, 0.15) is 12.4 Å².